The van der Waals surface area contributed by atoms with Crippen molar-refractivity contribution in [2.75, 3.05) is 18.5 Å². The first-order valence-electron chi connectivity index (χ1n) is 8.37. The number of benzene rings is 1. The van der Waals surface area contributed by atoms with Crippen LogP contribution in [0.25, 0.3) is 5.69 Å². The van der Waals surface area contributed by atoms with Crippen LogP contribution >= 0.6 is 23.2 Å². The second kappa shape index (κ2) is 8.99. The van der Waals surface area contributed by atoms with Crippen LogP contribution in [0.15, 0.2) is 59.7 Å². The van der Waals surface area contributed by atoms with Gasteiger partial charge in [-0.3, -0.25) is 9.78 Å². The first-order chi connectivity index (χ1) is 13.1. The molecule has 0 aliphatic rings. The van der Waals surface area contributed by atoms with E-state index in [-0.39, 0.29) is 17.5 Å². The van der Waals surface area contributed by atoms with E-state index in [0.29, 0.717) is 29.4 Å². The minimum Gasteiger partial charge on any atom is -0.396 e. The number of aliphatic hydroxyl groups is 1. The number of nitrogens with one attached hydrogen (secondary N) is 1. The third-order valence-electron chi connectivity index (χ3n) is 4.05. The Morgan fingerprint density at radius 1 is 1.15 bits per heavy atom. The van der Waals surface area contributed by atoms with Gasteiger partial charge in [0.2, 0.25) is 0 Å². The summed E-state index contributed by atoms with van der Waals surface area (Å²) in [4.78, 5) is 16.8. The number of anilines is 1. The fourth-order valence-electron chi connectivity index (χ4n) is 2.59. The normalized spacial score (nSPS) is 12.0. The van der Waals surface area contributed by atoms with Crippen LogP contribution in [-0.2, 0) is 6.42 Å². The summed E-state index contributed by atoms with van der Waals surface area (Å²) in [6.45, 7) is 0.412. The van der Waals surface area contributed by atoms with Crippen LogP contribution < -0.4 is 10.9 Å². The fourth-order valence-corrected chi connectivity index (χ4v) is 2.91. The summed E-state index contributed by atoms with van der Waals surface area (Å²) >= 11 is 12.1. The zero-order valence-corrected chi connectivity index (χ0v) is 15.9. The Morgan fingerprint density at radius 2 is 1.93 bits per heavy atom. The molecule has 0 spiro atoms. The quantitative estimate of drug-likeness (QED) is 0.631. The molecule has 2 aromatic heterocycles. The summed E-state index contributed by atoms with van der Waals surface area (Å²) in [6, 6.07) is 12.4. The lowest BCUT2D eigenvalue weighted by Crippen LogP contribution is -2.25. The number of hydrogen-bond acceptors (Lipinski definition) is 5. The van der Waals surface area contributed by atoms with Crippen LogP contribution in [-0.4, -0.2) is 33.0 Å². The zero-order chi connectivity index (χ0) is 19.2. The van der Waals surface area contributed by atoms with Crippen LogP contribution in [0.2, 0.25) is 10.0 Å². The van der Waals surface area contributed by atoms with Crippen molar-refractivity contribution in [2.24, 2.45) is 5.92 Å². The smallest absolute Gasteiger partial charge is 0.292 e. The molecule has 0 radical (unpaired) electrons. The van der Waals surface area contributed by atoms with Gasteiger partial charge in [-0.15, -0.1) is 0 Å². The SMILES string of the molecule is O=c1c(Cl)c(NCC(CO)Cc2ccccn2)cnn1-c1ccc(Cl)cc1. The average molecular weight is 405 g/mol. The predicted octanol–water partition coefficient (Wildman–Crippen LogP) is 3.20. The number of aromatic nitrogens is 3. The van der Waals surface area contributed by atoms with Gasteiger partial charge in [0.15, 0.2) is 0 Å². The molecule has 0 saturated heterocycles. The molecule has 0 aliphatic heterocycles. The van der Waals surface area contributed by atoms with Crippen LogP contribution in [0.5, 0.6) is 0 Å². The molecule has 140 valence electrons. The third kappa shape index (κ3) is 4.86. The Balaban J connectivity index is 1.72. The lowest BCUT2D eigenvalue weighted by molar-refractivity contribution is 0.232. The Hall–Kier alpha value is -2.41. The van der Waals surface area contributed by atoms with E-state index in [1.54, 1.807) is 30.5 Å². The molecule has 2 heterocycles. The van der Waals surface area contributed by atoms with Crippen molar-refractivity contribution in [2.45, 2.75) is 6.42 Å². The van der Waals surface area contributed by atoms with E-state index in [2.05, 4.69) is 15.4 Å². The molecule has 1 aromatic carbocycles. The maximum absolute atomic E-state index is 12.5. The maximum Gasteiger partial charge on any atom is 0.292 e. The highest BCUT2D eigenvalue weighted by atomic mass is 35.5. The highest BCUT2D eigenvalue weighted by Crippen LogP contribution is 2.18. The van der Waals surface area contributed by atoms with E-state index in [9.17, 15) is 9.90 Å². The van der Waals surface area contributed by atoms with Crippen molar-refractivity contribution in [3.05, 3.63) is 81.0 Å². The second-order valence-corrected chi connectivity index (χ2v) is 6.83. The van der Waals surface area contributed by atoms with Gasteiger partial charge in [-0.25, -0.2) is 0 Å². The number of hydrogen-bond donors (Lipinski definition) is 2. The zero-order valence-electron chi connectivity index (χ0n) is 14.3. The van der Waals surface area contributed by atoms with Gasteiger partial charge in [0, 0.05) is 36.0 Å². The van der Waals surface area contributed by atoms with Crippen molar-refractivity contribution >= 4 is 28.9 Å². The van der Waals surface area contributed by atoms with E-state index in [1.807, 2.05) is 18.2 Å². The fraction of sp³-hybridized carbons (Fsp3) is 0.211. The van der Waals surface area contributed by atoms with Crippen molar-refractivity contribution in [1.82, 2.24) is 14.8 Å². The molecule has 3 rings (SSSR count). The Kier molecular flexibility index (Phi) is 6.45. The van der Waals surface area contributed by atoms with E-state index >= 15 is 0 Å². The van der Waals surface area contributed by atoms with Gasteiger partial charge in [0.1, 0.15) is 5.02 Å². The van der Waals surface area contributed by atoms with E-state index in [4.69, 9.17) is 23.2 Å². The molecule has 0 fully saturated rings. The van der Waals surface area contributed by atoms with Crippen LogP contribution in [0.1, 0.15) is 5.69 Å². The molecule has 0 aliphatic carbocycles. The van der Waals surface area contributed by atoms with Gasteiger partial charge in [0.05, 0.1) is 17.6 Å². The molecule has 27 heavy (non-hydrogen) atoms. The largest absolute Gasteiger partial charge is 0.396 e. The van der Waals surface area contributed by atoms with Crippen LogP contribution in [0.4, 0.5) is 5.69 Å². The summed E-state index contributed by atoms with van der Waals surface area (Å²) in [5, 5.41) is 17.5. The van der Waals surface area contributed by atoms with E-state index in [1.165, 1.54) is 10.9 Å². The summed E-state index contributed by atoms with van der Waals surface area (Å²) in [6.07, 6.45) is 3.82. The van der Waals surface area contributed by atoms with E-state index < -0.39 is 5.56 Å². The first-order valence-corrected chi connectivity index (χ1v) is 9.12. The lowest BCUT2D eigenvalue weighted by Gasteiger charge is -2.16. The van der Waals surface area contributed by atoms with Gasteiger partial charge >= 0.3 is 0 Å². The minimum absolute atomic E-state index is 0.0174. The van der Waals surface area contributed by atoms with Gasteiger partial charge in [0.25, 0.3) is 5.56 Å². The van der Waals surface area contributed by atoms with Gasteiger partial charge in [-0.05, 0) is 42.8 Å². The summed E-state index contributed by atoms with van der Waals surface area (Å²) < 4.78 is 1.21. The molecular weight excluding hydrogens is 387 g/mol. The van der Waals surface area contributed by atoms with Crippen molar-refractivity contribution < 1.29 is 5.11 Å². The lowest BCUT2D eigenvalue weighted by atomic mass is 10.0. The van der Waals surface area contributed by atoms with Crippen LogP contribution in [0.3, 0.4) is 0 Å². The predicted molar refractivity (Wildman–Crippen MR) is 107 cm³/mol. The molecule has 2 N–H and O–H groups in total. The van der Waals surface area contributed by atoms with Gasteiger partial charge < -0.3 is 10.4 Å². The van der Waals surface area contributed by atoms with Gasteiger partial charge in [-0.2, -0.15) is 9.78 Å². The highest BCUT2D eigenvalue weighted by molar-refractivity contribution is 6.33. The number of pyridine rings is 1. The summed E-state index contributed by atoms with van der Waals surface area (Å²) in [7, 11) is 0. The first kappa shape index (κ1) is 19.4. The number of aliphatic hydroxyl groups excluding tert-OH is 1. The standard InChI is InChI=1S/C19H18Cl2N4O2/c20-14-4-6-16(7-5-14)25-19(27)18(21)17(11-24-25)23-10-13(12-26)9-15-3-1-2-8-22-15/h1-8,11,13,23,26H,9-10,12H2. The number of nitrogens with zero attached hydrogens (tertiary/aromatic N) is 3. The van der Waals surface area contributed by atoms with Crippen LogP contribution in [0, 0.1) is 5.92 Å². The number of rotatable bonds is 7. The Morgan fingerprint density at radius 3 is 2.59 bits per heavy atom. The third-order valence-corrected chi connectivity index (χ3v) is 4.67. The molecule has 6 nitrogen and oxygen atoms in total. The van der Waals surface area contributed by atoms with Crippen molar-refractivity contribution in [3.8, 4) is 5.69 Å². The maximum atomic E-state index is 12.5. The molecule has 0 amide bonds. The highest BCUT2D eigenvalue weighted by Gasteiger charge is 2.14. The molecule has 1 atom stereocenters. The number of halogens is 2. The summed E-state index contributed by atoms with van der Waals surface area (Å²) in [5.41, 5.74) is 1.45. The minimum atomic E-state index is -0.436. The van der Waals surface area contributed by atoms with E-state index in [0.717, 1.165) is 5.69 Å². The summed E-state index contributed by atoms with van der Waals surface area (Å²) in [5.74, 6) is -0.0744. The molecule has 8 heteroatoms. The molecular formula is C19H18Cl2N4O2. The topological polar surface area (TPSA) is 80.0 Å². The van der Waals surface area contributed by atoms with Gasteiger partial charge in [-0.1, -0.05) is 29.3 Å². The molecule has 0 bridgehead atoms. The molecule has 1 unspecified atom stereocenters. The van der Waals surface area contributed by atoms with Crippen molar-refractivity contribution in [3.63, 3.8) is 0 Å². The van der Waals surface area contributed by atoms with Crippen molar-refractivity contribution in [1.29, 1.82) is 0 Å². The monoisotopic (exact) mass is 404 g/mol. The molecule has 0 saturated carbocycles. The Bertz CT molecular complexity index is 946. The second-order valence-electron chi connectivity index (χ2n) is 6.02. The average Bonchev–Trinajstić information content (AvgIpc) is 2.69. The Labute approximate surface area is 166 Å². The molecule has 3 aromatic rings.